The molecule has 0 fully saturated rings. The van der Waals surface area contributed by atoms with E-state index in [0.29, 0.717) is 12.2 Å². The Morgan fingerprint density at radius 3 is 2.31 bits per heavy atom. The van der Waals surface area contributed by atoms with Gasteiger partial charge in [0, 0.05) is 18.1 Å². The smallest absolute Gasteiger partial charge is 0.176 e. The highest BCUT2D eigenvalue weighted by Crippen LogP contribution is 2.23. The van der Waals surface area contributed by atoms with E-state index in [9.17, 15) is 4.79 Å². The fraction of sp³-hybridized carbons (Fsp3) is 0.462. The van der Waals surface area contributed by atoms with Crippen LogP contribution in [0, 0.1) is 0 Å². The Hall–Kier alpha value is -1.19. The molecule has 3 nitrogen and oxygen atoms in total. The van der Waals surface area contributed by atoms with Gasteiger partial charge in [0.15, 0.2) is 5.78 Å². The number of carbonyl (C=O) groups is 1. The Kier molecular flexibility index (Phi) is 4.21. The summed E-state index contributed by atoms with van der Waals surface area (Å²) in [6.07, 6.45) is 0. The summed E-state index contributed by atoms with van der Waals surface area (Å²) in [7, 11) is 1.69. The molecule has 0 aliphatic rings. The van der Waals surface area contributed by atoms with Crippen molar-refractivity contribution >= 4 is 5.78 Å². The fourth-order valence-corrected chi connectivity index (χ4v) is 1.67. The minimum atomic E-state index is -0.0426. The van der Waals surface area contributed by atoms with E-state index >= 15 is 0 Å². The molecule has 88 valence electrons. The first-order valence-electron chi connectivity index (χ1n) is 5.34. The summed E-state index contributed by atoms with van der Waals surface area (Å²) in [5.41, 5.74) is 7.09. The molecule has 0 aliphatic heterocycles. The number of methoxy groups -OCH3 is 1. The van der Waals surface area contributed by atoms with E-state index in [1.807, 2.05) is 24.3 Å². The maximum atomic E-state index is 11.4. The molecular weight excluding hydrogens is 202 g/mol. The monoisotopic (exact) mass is 221 g/mol. The lowest BCUT2D eigenvalue weighted by Crippen LogP contribution is -2.23. The van der Waals surface area contributed by atoms with Crippen LogP contribution in [0.15, 0.2) is 24.3 Å². The zero-order valence-electron chi connectivity index (χ0n) is 10.1. The van der Waals surface area contributed by atoms with Gasteiger partial charge in [-0.25, -0.2) is 0 Å². The van der Waals surface area contributed by atoms with Gasteiger partial charge in [-0.1, -0.05) is 38.1 Å². The van der Waals surface area contributed by atoms with Crippen molar-refractivity contribution in [2.45, 2.75) is 19.3 Å². The van der Waals surface area contributed by atoms with Crippen LogP contribution in [-0.2, 0) is 10.2 Å². The molecule has 0 bridgehead atoms. The summed E-state index contributed by atoms with van der Waals surface area (Å²) < 4.78 is 5.17. The molecule has 0 heterocycles. The molecule has 16 heavy (non-hydrogen) atoms. The van der Waals surface area contributed by atoms with E-state index in [2.05, 4.69) is 13.8 Å². The van der Waals surface area contributed by atoms with Gasteiger partial charge in [-0.15, -0.1) is 0 Å². The SMILES string of the molecule is COCC(C)(C)c1ccc(C(=O)CN)cc1. The van der Waals surface area contributed by atoms with Gasteiger partial charge in [-0.05, 0) is 5.56 Å². The Balaban J connectivity index is 2.90. The van der Waals surface area contributed by atoms with E-state index < -0.39 is 0 Å². The minimum Gasteiger partial charge on any atom is -0.384 e. The van der Waals surface area contributed by atoms with E-state index in [1.54, 1.807) is 7.11 Å². The van der Waals surface area contributed by atoms with Gasteiger partial charge >= 0.3 is 0 Å². The summed E-state index contributed by atoms with van der Waals surface area (Å²) in [4.78, 5) is 11.4. The lowest BCUT2D eigenvalue weighted by molar-refractivity contribution is 0.100. The van der Waals surface area contributed by atoms with Crippen molar-refractivity contribution in [2.24, 2.45) is 5.73 Å². The molecule has 3 heteroatoms. The van der Waals surface area contributed by atoms with Crippen LogP contribution in [0.2, 0.25) is 0 Å². The first-order valence-corrected chi connectivity index (χ1v) is 5.34. The standard InChI is InChI=1S/C13H19NO2/c1-13(2,9-16-3)11-6-4-10(5-7-11)12(15)8-14/h4-7H,8-9,14H2,1-3H3. The van der Waals surface area contributed by atoms with Crippen molar-refractivity contribution in [3.63, 3.8) is 0 Å². The lowest BCUT2D eigenvalue weighted by atomic mass is 9.85. The highest BCUT2D eigenvalue weighted by atomic mass is 16.5. The zero-order valence-corrected chi connectivity index (χ0v) is 10.1. The number of hydrogen-bond acceptors (Lipinski definition) is 3. The lowest BCUT2D eigenvalue weighted by Gasteiger charge is -2.24. The maximum absolute atomic E-state index is 11.4. The fourth-order valence-electron chi connectivity index (χ4n) is 1.67. The number of Topliss-reactive ketones (excluding diaryl/α,β-unsaturated/α-hetero) is 1. The predicted molar refractivity (Wildman–Crippen MR) is 64.7 cm³/mol. The van der Waals surface area contributed by atoms with Crippen LogP contribution < -0.4 is 5.73 Å². The maximum Gasteiger partial charge on any atom is 0.176 e. The third-order valence-corrected chi connectivity index (χ3v) is 2.68. The molecule has 0 unspecified atom stereocenters. The van der Waals surface area contributed by atoms with Gasteiger partial charge in [-0.2, -0.15) is 0 Å². The van der Waals surface area contributed by atoms with Crippen LogP contribution in [0.25, 0.3) is 0 Å². The average Bonchev–Trinajstić information content (AvgIpc) is 2.28. The molecule has 2 N–H and O–H groups in total. The van der Waals surface area contributed by atoms with Crippen molar-refractivity contribution in [3.05, 3.63) is 35.4 Å². The van der Waals surface area contributed by atoms with Crippen molar-refractivity contribution in [2.75, 3.05) is 20.3 Å². The highest BCUT2D eigenvalue weighted by Gasteiger charge is 2.20. The second-order valence-electron chi connectivity index (χ2n) is 4.52. The largest absolute Gasteiger partial charge is 0.384 e. The number of ether oxygens (including phenoxy) is 1. The number of rotatable bonds is 5. The highest BCUT2D eigenvalue weighted by molar-refractivity contribution is 5.97. The van der Waals surface area contributed by atoms with E-state index in [4.69, 9.17) is 10.5 Å². The first-order chi connectivity index (χ1) is 7.51. The van der Waals surface area contributed by atoms with Crippen LogP contribution in [-0.4, -0.2) is 26.0 Å². The van der Waals surface area contributed by atoms with Gasteiger partial charge in [0.05, 0.1) is 13.2 Å². The van der Waals surface area contributed by atoms with Gasteiger partial charge in [0.25, 0.3) is 0 Å². The first kappa shape index (κ1) is 12.9. The molecule has 0 atom stereocenters. The molecule has 0 aromatic heterocycles. The van der Waals surface area contributed by atoms with Crippen LogP contribution >= 0.6 is 0 Å². The topological polar surface area (TPSA) is 52.3 Å². The number of ketones is 1. The summed E-state index contributed by atoms with van der Waals surface area (Å²) in [6.45, 7) is 4.92. The Morgan fingerprint density at radius 1 is 1.31 bits per heavy atom. The summed E-state index contributed by atoms with van der Waals surface area (Å²) >= 11 is 0. The summed E-state index contributed by atoms with van der Waals surface area (Å²) in [5, 5.41) is 0. The van der Waals surface area contributed by atoms with Crippen LogP contribution in [0.3, 0.4) is 0 Å². The number of benzene rings is 1. The van der Waals surface area contributed by atoms with Crippen molar-refractivity contribution < 1.29 is 9.53 Å². The van der Waals surface area contributed by atoms with Crippen LogP contribution in [0.5, 0.6) is 0 Å². The Bertz CT molecular complexity index is 355. The zero-order chi connectivity index (χ0) is 12.2. The quantitative estimate of drug-likeness (QED) is 0.771. The van der Waals surface area contributed by atoms with E-state index in [1.165, 1.54) is 0 Å². The van der Waals surface area contributed by atoms with Gasteiger partial charge in [0.2, 0.25) is 0 Å². The molecule has 0 radical (unpaired) electrons. The molecular formula is C13H19NO2. The molecule has 1 rings (SSSR count). The Morgan fingerprint density at radius 2 is 1.88 bits per heavy atom. The average molecular weight is 221 g/mol. The van der Waals surface area contributed by atoms with Crippen LogP contribution in [0.4, 0.5) is 0 Å². The number of hydrogen-bond donors (Lipinski definition) is 1. The normalized spacial score (nSPS) is 11.5. The molecule has 0 amide bonds. The molecule has 1 aromatic carbocycles. The van der Waals surface area contributed by atoms with E-state index in [0.717, 1.165) is 5.56 Å². The van der Waals surface area contributed by atoms with Gasteiger partial charge < -0.3 is 10.5 Å². The molecule has 0 aliphatic carbocycles. The predicted octanol–water partition coefficient (Wildman–Crippen LogP) is 1.75. The summed E-state index contributed by atoms with van der Waals surface area (Å²) in [6, 6.07) is 7.56. The molecule has 1 aromatic rings. The van der Waals surface area contributed by atoms with E-state index in [-0.39, 0.29) is 17.7 Å². The molecule has 0 saturated carbocycles. The van der Waals surface area contributed by atoms with Crippen molar-refractivity contribution in [1.82, 2.24) is 0 Å². The van der Waals surface area contributed by atoms with Crippen molar-refractivity contribution in [1.29, 1.82) is 0 Å². The third kappa shape index (κ3) is 2.90. The second-order valence-corrected chi connectivity index (χ2v) is 4.52. The third-order valence-electron chi connectivity index (χ3n) is 2.68. The van der Waals surface area contributed by atoms with Gasteiger partial charge in [0.1, 0.15) is 0 Å². The number of nitrogens with two attached hydrogens (primary N) is 1. The minimum absolute atomic E-state index is 0.0314. The summed E-state index contributed by atoms with van der Waals surface area (Å²) in [5.74, 6) is -0.0314. The molecule has 0 saturated heterocycles. The second kappa shape index (κ2) is 5.23. The van der Waals surface area contributed by atoms with Crippen LogP contribution in [0.1, 0.15) is 29.8 Å². The molecule has 0 spiro atoms. The Labute approximate surface area is 96.6 Å². The van der Waals surface area contributed by atoms with Crippen molar-refractivity contribution in [3.8, 4) is 0 Å². The van der Waals surface area contributed by atoms with Gasteiger partial charge in [-0.3, -0.25) is 4.79 Å². The number of carbonyl (C=O) groups excluding carboxylic acids is 1.